The summed E-state index contributed by atoms with van der Waals surface area (Å²) in [5.74, 6) is 1.09. The van der Waals surface area contributed by atoms with Gasteiger partial charge in [-0.2, -0.15) is 0 Å². The summed E-state index contributed by atoms with van der Waals surface area (Å²) in [5, 5.41) is 7.12. The van der Waals surface area contributed by atoms with E-state index in [0.717, 1.165) is 13.1 Å². The molecule has 0 spiro atoms. The van der Waals surface area contributed by atoms with Gasteiger partial charge in [0.1, 0.15) is 0 Å². The molecule has 110 valence electrons. The van der Waals surface area contributed by atoms with Gasteiger partial charge in [-0.25, -0.2) is 0 Å². The molecule has 0 saturated carbocycles. The van der Waals surface area contributed by atoms with Gasteiger partial charge in [-0.05, 0) is 35.5 Å². The van der Waals surface area contributed by atoms with E-state index in [-0.39, 0.29) is 0 Å². The lowest BCUT2D eigenvalue weighted by atomic mass is 9.96. The Kier molecular flexibility index (Phi) is 4.42. The number of aromatic amines is 1. The predicted molar refractivity (Wildman–Crippen MR) is 92.2 cm³/mol. The molecule has 1 aromatic carbocycles. The molecule has 0 aliphatic heterocycles. The molecule has 21 heavy (non-hydrogen) atoms. The van der Waals surface area contributed by atoms with Gasteiger partial charge in [0.25, 0.3) is 0 Å². The lowest BCUT2D eigenvalue weighted by Gasteiger charge is -2.17. The van der Waals surface area contributed by atoms with Crippen LogP contribution < -0.4 is 5.32 Å². The third-order valence-electron chi connectivity index (χ3n) is 3.78. The van der Waals surface area contributed by atoms with Gasteiger partial charge in [-0.15, -0.1) is 11.3 Å². The minimum atomic E-state index is 0.417. The maximum absolute atomic E-state index is 3.62. The molecule has 0 bridgehead atoms. The predicted octanol–water partition coefficient (Wildman–Crippen LogP) is 4.61. The number of benzene rings is 1. The van der Waals surface area contributed by atoms with Crippen molar-refractivity contribution in [3.63, 3.8) is 0 Å². The number of fused-ring (bicyclic) bond motifs is 1. The van der Waals surface area contributed by atoms with Gasteiger partial charge in [0.15, 0.2) is 0 Å². The first kappa shape index (κ1) is 14.4. The van der Waals surface area contributed by atoms with Crippen LogP contribution in [0.1, 0.15) is 30.2 Å². The molecule has 0 aliphatic rings. The molecular weight excluding hydrogens is 276 g/mol. The van der Waals surface area contributed by atoms with Crippen molar-refractivity contribution in [2.24, 2.45) is 5.92 Å². The van der Waals surface area contributed by atoms with E-state index in [9.17, 15) is 0 Å². The quantitative estimate of drug-likeness (QED) is 0.683. The number of H-pyrrole nitrogens is 1. The molecule has 3 heteroatoms. The number of nitrogens with one attached hydrogen (secondary N) is 2. The number of rotatable bonds is 6. The first-order valence-electron chi connectivity index (χ1n) is 7.56. The minimum Gasteiger partial charge on any atom is -0.361 e. The van der Waals surface area contributed by atoms with E-state index in [1.54, 1.807) is 0 Å². The van der Waals surface area contributed by atoms with E-state index in [4.69, 9.17) is 0 Å². The zero-order chi connectivity index (χ0) is 14.7. The average molecular weight is 298 g/mol. The summed E-state index contributed by atoms with van der Waals surface area (Å²) >= 11 is 1.84. The SMILES string of the molecule is CC(C)CNC[C@H](c1cccs1)c1c[nH]c2ccccc12. The van der Waals surface area contributed by atoms with Gasteiger partial charge in [0.2, 0.25) is 0 Å². The van der Waals surface area contributed by atoms with Crippen molar-refractivity contribution >= 4 is 22.2 Å². The molecule has 0 unspecified atom stereocenters. The highest BCUT2D eigenvalue weighted by atomic mass is 32.1. The number of hydrogen-bond donors (Lipinski definition) is 2. The van der Waals surface area contributed by atoms with Crippen molar-refractivity contribution in [3.05, 3.63) is 58.4 Å². The summed E-state index contributed by atoms with van der Waals surface area (Å²) in [6, 6.07) is 12.9. The van der Waals surface area contributed by atoms with Crippen molar-refractivity contribution < 1.29 is 0 Å². The Bertz CT molecular complexity index is 682. The molecule has 3 rings (SSSR count). The summed E-state index contributed by atoms with van der Waals surface area (Å²) < 4.78 is 0. The zero-order valence-electron chi connectivity index (χ0n) is 12.6. The first-order chi connectivity index (χ1) is 10.3. The van der Waals surface area contributed by atoms with Crippen LogP contribution in [0.15, 0.2) is 48.0 Å². The Hall–Kier alpha value is -1.58. The molecule has 2 nitrogen and oxygen atoms in total. The summed E-state index contributed by atoms with van der Waals surface area (Å²) in [6.07, 6.45) is 2.17. The molecular formula is C18H22N2S. The van der Waals surface area contributed by atoms with Crippen molar-refractivity contribution in [1.82, 2.24) is 10.3 Å². The lowest BCUT2D eigenvalue weighted by molar-refractivity contribution is 0.539. The van der Waals surface area contributed by atoms with Gasteiger partial charge < -0.3 is 10.3 Å². The van der Waals surface area contributed by atoms with Crippen LogP contribution in [0, 0.1) is 5.92 Å². The Morgan fingerprint density at radius 2 is 1.95 bits per heavy atom. The topological polar surface area (TPSA) is 27.8 Å². The van der Waals surface area contributed by atoms with Crippen LogP contribution in [0.4, 0.5) is 0 Å². The molecule has 3 aromatic rings. The van der Waals surface area contributed by atoms with Crippen LogP contribution in [0.3, 0.4) is 0 Å². The van der Waals surface area contributed by atoms with E-state index in [2.05, 4.69) is 72.1 Å². The van der Waals surface area contributed by atoms with Gasteiger partial charge >= 0.3 is 0 Å². The fraction of sp³-hybridized carbons (Fsp3) is 0.333. The Morgan fingerprint density at radius 1 is 1.10 bits per heavy atom. The highest BCUT2D eigenvalue weighted by Crippen LogP contribution is 2.32. The summed E-state index contributed by atoms with van der Waals surface area (Å²) in [4.78, 5) is 4.83. The standard InChI is InChI=1S/C18H22N2S/c1-13(2)10-19-11-16(18-8-5-9-21-18)15-12-20-17-7-4-3-6-14(15)17/h3-9,12-13,16,19-20H,10-11H2,1-2H3/t16-/m0/s1. The molecule has 0 aliphatic carbocycles. The van der Waals surface area contributed by atoms with Crippen molar-refractivity contribution in [3.8, 4) is 0 Å². The summed E-state index contributed by atoms with van der Waals surface area (Å²) in [5.41, 5.74) is 2.61. The smallest absolute Gasteiger partial charge is 0.0457 e. The monoisotopic (exact) mass is 298 g/mol. The normalized spacial score (nSPS) is 13.1. The molecule has 0 radical (unpaired) electrons. The number of aromatic nitrogens is 1. The van der Waals surface area contributed by atoms with Crippen LogP contribution in [0.5, 0.6) is 0 Å². The second kappa shape index (κ2) is 6.46. The van der Waals surface area contributed by atoms with Crippen LogP contribution >= 0.6 is 11.3 Å². The fourth-order valence-corrected chi connectivity index (χ4v) is 3.60. The molecule has 0 saturated heterocycles. The Balaban J connectivity index is 1.91. The van der Waals surface area contributed by atoms with Gasteiger partial charge in [-0.3, -0.25) is 0 Å². The van der Waals surface area contributed by atoms with Crippen LogP contribution in [-0.2, 0) is 0 Å². The number of para-hydroxylation sites is 1. The van der Waals surface area contributed by atoms with Gasteiger partial charge in [0, 0.05) is 34.4 Å². The highest BCUT2D eigenvalue weighted by molar-refractivity contribution is 7.10. The maximum Gasteiger partial charge on any atom is 0.0457 e. The number of thiophene rings is 1. The van der Waals surface area contributed by atoms with Crippen molar-refractivity contribution in [1.29, 1.82) is 0 Å². The fourth-order valence-electron chi connectivity index (χ4n) is 2.75. The van der Waals surface area contributed by atoms with E-state index >= 15 is 0 Å². The molecule has 0 fully saturated rings. The van der Waals surface area contributed by atoms with E-state index in [1.807, 2.05) is 11.3 Å². The summed E-state index contributed by atoms with van der Waals surface area (Å²) in [6.45, 7) is 6.54. The van der Waals surface area contributed by atoms with Crippen LogP contribution in [-0.4, -0.2) is 18.1 Å². The van der Waals surface area contributed by atoms with Crippen LogP contribution in [0.2, 0.25) is 0 Å². The van der Waals surface area contributed by atoms with E-state index < -0.39 is 0 Å². The first-order valence-corrected chi connectivity index (χ1v) is 8.44. The minimum absolute atomic E-state index is 0.417. The number of hydrogen-bond acceptors (Lipinski definition) is 2. The van der Waals surface area contributed by atoms with Gasteiger partial charge in [0.05, 0.1) is 0 Å². The Labute approximate surface area is 130 Å². The van der Waals surface area contributed by atoms with Crippen molar-refractivity contribution in [2.45, 2.75) is 19.8 Å². The molecule has 2 N–H and O–H groups in total. The maximum atomic E-state index is 3.62. The third-order valence-corrected chi connectivity index (χ3v) is 4.77. The molecule has 0 amide bonds. The average Bonchev–Trinajstić information content (AvgIpc) is 3.13. The van der Waals surface area contributed by atoms with E-state index in [1.165, 1.54) is 21.3 Å². The highest BCUT2D eigenvalue weighted by Gasteiger charge is 2.18. The molecule has 2 heterocycles. The summed E-state index contributed by atoms with van der Waals surface area (Å²) in [7, 11) is 0. The van der Waals surface area contributed by atoms with Crippen molar-refractivity contribution in [2.75, 3.05) is 13.1 Å². The zero-order valence-corrected chi connectivity index (χ0v) is 13.4. The Morgan fingerprint density at radius 3 is 2.71 bits per heavy atom. The van der Waals surface area contributed by atoms with Gasteiger partial charge in [-0.1, -0.05) is 38.1 Å². The second-order valence-corrected chi connectivity index (χ2v) is 6.89. The lowest BCUT2D eigenvalue weighted by Crippen LogP contribution is -2.25. The van der Waals surface area contributed by atoms with Crippen LogP contribution in [0.25, 0.3) is 10.9 Å². The molecule has 1 atom stereocenters. The van der Waals surface area contributed by atoms with E-state index in [0.29, 0.717) is 11.8 Å². The largest absolute Gasteiger partial charge is 0.361 e. The second-order valence-electron chi connectivity index (χ2n) is 5.91. The third kappa shape index (κ3) is 3.20. The molecule has 2 aromatic heterocycles.